The highest BCUT2D eigenvalue weighted by Crippen LogP contribution is 2.29. The van der Waals surface area contributed by atoms with Crippen molar-refractivity contribution in [3.05, 3.63) is 58.7 Å². The molecule has 0 unspecified atom stereocenters. The fourth-order valence-electron chi connectivity index (χ4n) is 3.33. The summed E-state index contributed by atoms with van der Waals surface area (Å²) >= 11 is 0. The van der Waals surface area contributed by atoms with Crippen molar-refractivity contribution < 1.29 is 9.59 Å². The number of benzene rings is 2. The molecule has 1 saturated heterocycles. The molecule has 1 fully saturated rings. The van der Waals surface area contributed by atoms with E-state index in [0.717, 1.165) is 33.6 Å². The van der Waals surface area contributed by atoms with Crippen molar-refractivity contribution in [1.82, 2.24) is 0 Å². The zero-order chi connectivity index (χ0) is 18.1. The van der Waals surface area contributed by atoms with Gasteiger partial charge in [0.25, 0.3) is 0 Å². The highest BCUT2D eigenvalue weighted by atomic mass is 16.2. The zero-order valence-corrected chi connectivity index (χ0v) is 15.2. The lowest BCUT2D eigenvalue weighted by Gasteiger charge is -2.19. The molecule has 0 saturated carbocycles. The van der Waals surface area contributed by atoms with Crippen molar-refractivity contribution in [1.29, 1.82) is 0 Å². The topological polar surface area (TPSA) is 49.4 Å². The van der Waals surface area contributed by atoms with Gasteiger partial charge in [-0.2, -0.15) is 0 Å². The number of hydrogen-bond acceptors (Lipinski definition) is 2. The second-order valence-corrected chi connectivity index (χ2v) is 7.00. The Morgan fingerprint density at radius 1 is 1.00 bits per heavy atom. The average Bonchev–Trinajstić information content (AvgIpc) is 2.93. The van der Waals surface area contributed by atoms with Gasteiger partial charge in [0.1, 0.15) is 0 Å². The molecule has 25 heavy (non-hydrogen) atoms. The molecule has 0 radical (unpaired) electrons. The van der Waals surface area contributed by atoms with E-state index in [2.05, 4.69) is 11.4 Å². The monoisotopic (exact) mass is 336 g/mol. The number of aryl methyl sites for hydroxylation is 4. The maximum Gasteiger partial charge on any atom is 0.229 e. The molecule has 1 aliphatic heterocycles. The van der Waals surface area contributed by atoms with Crippen LogP contribution in [0, 0.1) is 33.6 Å². The summed E-state index contributed by atoms with van der Waals surface area (Å²) in [6.45, 7) is 8.43. The summed E-state index contributed by atoms with van der Waals surface area (Å²) < 4.78 is 0. The Hall–Kier alpha value is -2.62. The maximum atomic E-state index is 12.6. The SMILES string of the molecule is Cc1ccc(N2C[C@@H](C(=O)Nc3cc(C)ccc3C)CC2=O)c(C)c1. The number of nitrogens with one attached hydrogen (secondary N) is 1. The van der Waals surface area contributed by atoms with E-state index in [1.165, 1.54) is 0 Å². The van der Waals surface area contributed by atoms with E-state index in [9.17, 15) is 9.59 Å². The second kappa shape index (κ2) is 6.71. The van der Waals surface area contributed by atoms with Gasteiger partial charge in [-0.1, -0.05) is 29.8 Å². The fourth-order valence-corrected chi connectivity index (χ4v) is 3.33. The lowest BCUT2D eigenvalue weighted by molar-refractivity contribution is -0.122. The minimum Gasteiger partial charge on any atom is -0.326 e. The number of carbonyl (C=O) groups excluding carboxylic acids is 2. The van der Waals surface area contributed by atoms with Crippen molar-refractivity contribution in [3.8, 4) is 0 Å². The molecule has 4 heteroatoms. The maximum absolute atomic E-state index is 12.6. The first-order valence-corrected chi connectivity index (χ1v) is 8.61. The molecule has 0 aromatic heterocycles. The van der Waals surface area contributed by atoms with Crippen molar-refractivity contribution >= 4 is 23.2 Å². The lowest BCUT2D eigenvalue weighted by Crippen LogP contribution is -2.28. The molecule has 2 amide bonds. The third-order valence-corrected chi connectivity index (χ3v) is 4.79. The minimum absolute atomic E-state index is 0.00747. The van der Waals surface area contributed by atoms with Gasteiger partial charge in [0.15, 0.2) is 0 Å². The summed E-state index contributed by atoms with van der Waals surface area (Å²) in [6.07, 6.45) is 0.254. The summed E-state index contributed by atoms with van der Waals surface area (Å²) in [5.74, 6) is -0.407. The van der Waals surface area contributed by atoms with Crippen LogP contribution < -0.4 is 10.2 Å². The highest BCUT2D eigenvalue weighted by molar-refractivity contribution is 6.04. The van der Waals surface area contributed by atoms with Gasteiger partial charge in [-0.05, 0) is 56.5 Å². The van der Waals surface area contributed by atoms with Crippen LogP contribution in [0.1, 0.15) is 28.7 Å². The Morgan fingerprint density at radius 2 is 1.68 bits per heavy atom. The number of anilines is 2. The van der Waals surface area contributed by atoms with Crippen molar-refractivity contribution in [2.75, 3.05) is 16.8 Å². The van der Waals surface area contributed by atoms with Gasteiger partial charge in [-0.15, -0.1) is 0 Å². The summed E-state index contributed by atoms with van der Waals surface area (Å²) in [7, 11) is 0. The second-order valence-electron chi connectivity index (χ2n) is 7.00. The molecule has 1 heterocycles. The van der Waals surface area contributed by atoms with Crippen LogP contribution in [0.5, 0.6) is 0 Å². The summed E-state index contributed by atoms with van der Waals surface area (Å²) in [4.78, 5) is 26.8. The van der Waals surface area contributed by atoms with Gasteiger partial charge in [-0.25, -0.2) is 0 Å². The average molecular weight is 336 g/mol. The van der Waals surface area contributed by atoms with E-state index in [1.807, 2.05) is 58.0 Å². The van der Waals surface area contributed by atoms with Crippen LogP contribution in [0.2, 0.25) is 0 Å². The number of rotatable bonds is 3. The van der Waals surface area contributed by atoms with Crippen molar-refractivity contribution in [3.63, 3.8) is 0 Å². The van der Waals surface area contributed by atoms with Crippen LogP contribution in [0.3, 0.4) is 0 Å². The number of nitrogens with zero attached hydrogens (tertiary/aromatic N) is 1. The Labute approximate surface area is 148 Å². The van der Waals surface area contributed by atoms with Gasteiger partial charge in [0.05, 0.1) is 5.92 Å². The molecular formula is C21H24N2O2. The first kappa shape index (κ1) is 17.2. The molecule has 130 valence electrons. The van der Waals surface area contributed by atoms with Crippen molar-refractivity contribution in [2.45, 2.75) is 34.1 Å². The molecule has 1 atom stereocenters. The molecule has 0 spiro atoms. The van der Waals surface area contributed by atoms with Crippen LogP contribution in [-0.4, -0.2) is 18.4 Å². The van der Waals surface area contributed by atoms with Crippen molar-refractivity contribution in [2.24, 2.45) is 5.92 Å². The van der Waals surface area contributed by atoms with E-state index >= 15 is 0 Å². The normalized spacial score (nSPS) is 17.0. The summed E-state index contributed by atoms with van der Waals surface area (Å²) in [5.41, 5.74) is 6.07. The summed E-state index contributed by atoms with van der Waals surface area (Å²) in [5, 5.41) is 2.99. The van der Waals surface area contributed by atoms with E-state index in [4.69, 9.17) is 0 Å². The van der Waals surface area contributed by atoms with Gasteiger partial charge in [-0.3, -0.25) is 9.59 Å². The van der Waals surface area contributed by atoms with Crippen LogP contribution in [0.25, 0.3) is 0 Å². The van der Waals surface area contributed by atoms with Crippen LogP contribution >= 0.6 is 0 Å². The minimum atomic E-state index is -0.326. The standard InChI is InChI=1S/C21H24N2O2/c1-13-6-8-19(16(4)9-13)23-12-17(11-20(23)24)21(25)22-18-10-14(2)5-7-15(18)3/h5-10,17H,11-12H2,1-4H3,(H,22,25)/t17-/m0/s1. The molecule has 4 nitrogen and oxygen atoms in total. The predicted molar refractivity (Wildman–Crippen MR) is 101 cm³/mol. The third-order valence-electron chi connectivity index (χ3n) is 4.79. The number of amides is 2. The quantitative estimate of drug-likeness (QED) is 0.924. The number of carbonyl (C=O) groups is 2. The summed E-state index contributed by atoms with van der Waals surface area (Å²) in [6, 6.07) is 12.0. The van der Waals surface area contributed by atoms with Gasteiger partial charge < -0.3 is 10.2 Å². The zero-order valence-electron chi connectivity index (χ0n) is 15.2. The molecule has 2 aromatic rings. The Kier molecular flexibility index (Phi) is 4.62. The first-order chi connectivity index (χ1) is 11.8. The predicted octanol–water partition coefficient (Wildman–Crippen LogP) is 3.91. The Balaban J connectivity index is 1.75. The Morgan fingerprint density at radius 3 is 2.40 bits per heavy atom. The molecule has 0 aliphatic carbocycles. The molecule has 1 N–H and O–H groups in total. The lowest BCUT2D eigenvalue weighted by atomic mass is 10.1. The molecule has 1 aliphatic rings. The molecule has 0 bridgehead atoms. The van der Waals surface area contributed by atoms with E-state index in [0.29, 0.717) is 6.54 Å². The molecular weight excluding hydrogens is 312 g/mol. The Bertz CT molecular complexity index is 842. The fraction of sp³-hybridized carbons (Fsp3) is 0.333. The van der Waals surface area contributed by atoms with Crippen LogP contribution in [-0.2, 0) is 9.59 Å². The van der Waals surface area contributed by atoms with E-state index in [-0.39, 0.29) is 24.2 Å². The smallest absolute Gasteiger partial charge is 0.229 e. The largest absolute Gasteiger partial charge is 0.326 e. The molecule has 3 rings (SSSR count). The van der Waals surface area contributed by atoms with Gasteiger partial charge >= 0.3 is 0 Å². The first-order valence-electron chi connectivity index (χ1n) is 8.61. The van der Waals surface area contributed by atoms with Gasteiger partial charge in [0.2, 0.25) is 11.8 Å². The highest BCUT2D eigenvalue weighted by Gasteiger charge is 2.35. The van der Waals surface area contributed by atoms with Crippen LogP contribution in [0.4, 0.5) is 11.4 Å². The number of hydrogen-bond donors (Lipinski definition) is 1. The van der Waals surface area contributed by atoms with E-state index < -0.39 is 0 Å². The molecule has 2 aromatic carbocycles. The third kappa shape index (κ3) is 3.58. The van der Waals surface area contributed by atoms with E-state index in [1.54, 1.807) is 4.90 Å². The van der Waals surface area contributed by atoms with Gasteiger partial charge in [0, 0.05) is 24.3 Å². The van der Waals surface area contributed by atoms with Crippen LogP contribution in [0.15, 0.2) is 36.4 Å².